The minimum atomic E-state index is -2.23. The first-order valence-corrected chi connectivity index (χ1v) is 16.1. The van der Waals surface area contributed by atoms with Crippen molar-refractivity contribution in [3.63, 3.8) is 0 Å². The average Bonchev–Trinajstić information content (AvgIpc) is 3.68. The minimum absolute atomic E-state index is 0.0552. The van der Waals surface area contributed by atoms with Gasteiger partial charge in [-0.25, -0.2) is 9.29 Å². The number of nitrogens with zero attached hydrogens (tertiary/aromatic N) is 2. The molecule has 0 spiro atoms. The molecule has 4 aliphatic rings. The van der Waals surface area contributed by atoms with Crippen molar-refractivity contribution < 1.29 is 38.1 Å². The number of carbonyl (C=O) groups is 4. The molecule has 2 aromatic carbocycles. The number of carbonyl (C=O) groups excluding carboxylic acids is 4. The van der Waals surface area contributed by atoms with Crippen LogP contribution < -0.4 is 14.4 Å². The third-order valence-electron chi connectivity index (χ3n) is 9.72. The summed E-state index contributed by atoms with van der Waals surface area (Å²) in [6, 6.07) is 11.3. The number of hydrogen-bond acceptors (Lipinski definition) is 8. The molecule has 7 rings (SSSR count). The van der Waals surface area contributed by atoms with Crippen molar-refractivity contribution in [2.75, 3.05) is 19.1 Å². The zero-order chi connectivity index (χ0) is 32.7. The van der Waals surface area contributed by atoms with Crippen LogP contribution in [0.25, 0.3) is 0 Å². The molecule has 3 heterocycles. The molecule has 1 N–H and O–H groups in total. The molecular formula is C33H27Cl2FN2O7S. The Balaban J connectivity index is 1.42. The van der Waals surface area contributed by atoms with Gasteiger partial charge in [0.15, 0.2) is 9.75 Å². The molecule has 0 radical (unpaired) electrons. The number of phenols is 1. The number of likely N-dealkylation sites (tertiary alicyclic amines) is 1. The summed E-state index contributed by atoms with van der Waals surface area (Å²) >= 11 is 16.2. The highest BCUT2D eigenvalue weighted by Gasteiger charge is 2.77. The van der Waals surface area contributed by atoms with Gasteiger partial charge in [-0.1, -0.05) is 17.7 Å². The fourth-order valence-corrected chi connectivity index (χ4v) is 9.27. The third-order valence-corrected chi connectivity index (χ3v) is 12.0. The third kappa shape index (κ3) is 4.10. The fourth-order valence-electron chi connectivity index (χ4n) is 7.66. The summed E-state index contributed by atoms with van der Waals surface area (Å²) in [5.41, 5.74) is 0.624. The highest BCUT2D eigenvalue weighted by Crippen LogP contribution is 2.67. The van der Waals surface area contributed by atoms with Crippen molar-refractivity contribution in [1.82, 2.24) is 4.90 Å². The van der Waals surface area contributed by atoms with Crippen LogP contribution in [0, 0.1) is 23.6 Å². The standard InChI is InChI=1S/C33H27Cl2FN2O7S/c1-44-18-12-23(39)26(24(13-18)45-2)27-20-9-10-21-25(29(41)37(28(21)40)15-19-4-3-11-46-19)22(20)14-32(34)30(42)38(31(43)33(27,32)35)17-7-5-16(36)6-8-17/h3-9,11-13,21-22,25,27,39H,10,14-15H2,1-2H3/t21-,22+,25-,27+,32+,33-/m0/s1. The molecule has 1 aromatic heterocycles. The van der Waals surface area contributed by atoms with E-state index in [-0.39, 0.29) is 53.8 Å². The van der Waals surface area contributed by atoms with Crippen molar-refractivity contribution in [2.45, 2.75) is 35.1 Å². The number of ether oxygens (including phenoxy) is 2. The number of thiophene rings is 1. The normalized spacial score (nSPS) is 30.2. The van der Waals surface area contributed by atoms with Crippen LogP contribution in [0.5, 0.6) is 17.2 Å². The van der Waals surface area contributed by atoms with Crippen LogP contribution in [0.3, 0.4) is 0 Å². The number of alkyl halides is 2. The lowest BCUT2D eigenvalue weighted by atomic mass is 9.56. The summed E-state index contributed by atoms with van der Waals surface area (Å²) in [5, 5.41) is 13.3. The number of phenolic OH excluding ortho intramolecular Hbond substituents is 1. The molecule has 46 heavy (non-hydrogen) atoms. The molecule has 238 valence electrons. The van der Waals surface area contributed by atoms with Gasteiger partial charge in [0.2, 0.25) is 11.8 Å². The van der Waals surface area contributed by atoms with Crippen LogP contribution in [0.1, 0.15) is 29.2 Å². The molecule has 3 aromatic rings. The van der Waals surface area contributed by atoms with Crippen LogP contribution in [0.4, 0.5) is 10.1 Å². The Bertz CT molecular complexity index is 1830. The molecule has 4 amide bonds. The van der Waals surface area contributed by atoms with Gasteiger partial charge in [0.05, 0.1) is 38.3 Å². The van der Waals surface area contributed by atoms with Crippen molar-refractivity contribution in [2.24, 2.45) is 17.8 Å². The van der Waals surface area contributed by atoms with Crippen molar-refractivity contribution in [3.05, 3.63) is 81.8 Å². The molecule has 2 saturated heterocycles. The van der Waals surface area contributed by atoms with E-state index in [9.17, 15) is 28.7 Å². The second-order valence-corrected chi connectivity index (χ2v) is 14.1. The number of hydrogen-bond donors (Lipinski definition) is 1. The van der Waals surface area contributed by atoms with Gasteiger partial charge in [0.1, 0.15) is 23.1 Å². The predicted molar refractivity (Wildman–Crippen MR) is 168 cm³/mol. The number of methoxy groups -OCH3 is 2. The summed E-state index contributed by atoms with van der Waals surface area (Å²) in [7, 11) is 2.78. The van der Waals surface area contributed by atoms with E-state index in [2.05, 4.69) is 0 Å². The number of anilines is 1. The van der Waals surface area contributed by atoms with Gasteiger partial charge in [-0.2, -0.15) is 0 Å². The Morgan fingerprint density at radius 3 is 2.39 bits per heavy atom. The Morgan fingerprint density at radius 2 is 1.74 bits per heavy atom. The van der Waals surface area contributed by atoms with Gasteiger partial charge in [-0.05, 0) is 54.5 Å². The largest absolute Gasteiger partial charge is 0.507 e. The second-order valence-electron chi connectivity index (χ2n) is 11.9. The molecule has 6 atom stereocenters. The molecule has 9 nitrogen and oxygen atoms in total. The highest BCUT2D eigenvalue weighted by molar-refractivity contribution is 7.09. The molecule has 2 aliphatic carbocycles. The lowest BCUT2D eigenvalue weighted by Gasteiger charge is -2.50. The highest BCUT2D eigenvalue weighted by atomic mass is 35.5. The van der Waals surface area contributed by atoms with E-state index in [1.807, 2.05) is 17.5 Å². The maximum atomic E-state index is 14.5. The zero-order valence-corrected chi connectivity index (χ0v) is 26.9. The van der Waals surface area contributed by atoms with Crippen molar-refractivity contribution in [3.8, 4) is 17.2 Å². The van der Waals surface area contributed by atoms with Crippen LogP contribution in [0.2, 0.25) is 0 Å². The summed E-state index contributed by atoms with van der Waals surface area (Å²) in [6.45, 7) is 0.113. The van der Waals surface area contributed by atoms with Crippen molar-refractivity contribution >= 4 is 63.9 Å². The molecule has 3 fully saturated rings. The summed E-state index contributed by atoms with van der Waals surface area (Å²) < 4.78 is 24.9. The van der Waals surface area contributed by atoms with E-state index in [4.69, 9.17) is 32.7 Å². The number of allylic oxidation sites excluding steroid dienone is 2. The summed E-state index contributed by atoms with van der Waals surface area (Å²) in [5.74, 6) is -6.68. The molecule has 0 bridgehead atoms. The van der Waals surface area contributed by atoms with E-state index in [1.165, 1.54) is 54.7 Å². The first kappa shape index (κ1) is 30.7. The average molecular weight is 686 g/mol. The summed E-state index contributed by atoms with van der Waals surface area (Å²) in [4.78, 5) is 55.2. The number of halogens is 3. The van der Waals surface area contributed by atoms with Gasteiger partial charge in [0, 0.05) is 28.5 Å². The maximum absolute atomic E-state index is 14.5. The van der Waals surface area contributed by atoms with Crippen LogP contribution in [-0.2, 0) is 25.7 Å². The lowest BCUT2D eigenvalue weighted by Crippen LogP contribution is -2.60. The molecule has 1 saturated carbocycles. The first-order valence-electron chi connectivity index (χ1n) is 14.5. The Kier molecular flexibility index (Phi) is 7.22. The number of benzene rings is 2. The Labute approximate surface area is 277 Å². The quantitative estimate of drug-likeness (QED) is 0.211. The van der Waals surface area contributed by atoms with Gasteiger partial charge in [0.25, 0.3) is 11.8 Å². The van der Waals surface area contributed by atoms with E-state index < -0.39 is 57.0 Å². The Hall–Kier alpha value is -3.93. The van der Waals surface area contributed by atoms with E-state index in [0.717, 1.165) is 21.9 Å². The molecular weight excluding hydrogens is 658 g/mol. The fraction of sp³-hybridized carbons (Fsp3) is 0.333. The van der Waals surface area contributed by atoms with Crippen LogP contribution >= 0.6 is 34.5 Å². The number of rotatable bonds is 6. The van der Waals surface area contributed by atoms with Gasteiger partial charge >= 0.3 is 0 Å². The lowest BCUT2D eigenvalue weighted by molar-refractivity contribution is -0.141. The van der Waals surface area contributed by atoms with E-state index in [1.54, 1.807) is 6.08 Å². The topological polar surface area (TPSA) is 113 Å². The molecule has 13 heteroatoms. The minimum Gasteiger partial charge on any atom is -0.507 e. The van der Waals surface area contributed by atoms with E-state index in [0.29, 0.717) is 5.57 Å². The predicted octanol–water partition coefficient (Wildman–Crippen LogP) is 5.37. The monoisotopic (exact) mass is 684 g/mol. The summed E-state index contributed by atoms with van der Waals surface area (Å²) in [6.07, 6.45) is 1.71. The number of imide groups is 2. The van der Waals surface area contributed by atoms with Gasteiger partial charge < -0.3 is 14.6 Å². The maximum Gasteiger partial charge on any atom is 0.258 e. The molecule has 0 unspecified atom stereocenters. The number of fused-ring (bicyclic) bond motifs is 4. The van der Waals surface area contributed by atoms with Crippen LogP contribution in [0.15, 0.2) is 65.6 Å². The zero-order valence-electron chi connectivity index (χ0n) is 24.5. The van der Waals surface area contributed by atoms with Crippen LogP contribution in [-0.4, -0.2) is 57.6 Å². The first-order chi connectivity index (χ1) is 22.0. The SMILES string of the molecule is COc1cc(O)c([C@H]2C3=CC[C@@H]4C(=O)N(Cc5cccs5)C(=O)[C@@H]4[C@@H]3C[C@@]3(Cl)C(=O)N(c4ccc(F)cc4)C(=O)[C@@]23Cl)c(OC)c1. The number of amides is 4. The second kappa shape index (κ2) is 10.8. The molecule has 2 aliphatic heterocycles. The van der Waals surface area contributed by atoms with Crippen molar-refractivity contribution in [1.29, 1.82) is 0 Å². The van der Waals surface area contributed by atoms with Gasteiger partial charge in [-0.3, -0.25) is 24.1 Å². The van der Waals surface area contributed by atoms with E-state index >= 15 is 0 Å². The van der Waals surface area contributed by atoms with Gasteiger partial charge in [-0.15, -0.1) is 34.5 Å². The number of aromatic hydroxyl groups is 1. The smallest absolute Gasteiger partial charge is 0.258 e. The Morgan fingerprint density at radius 1 is 1.00 bits per heavy atom.